The van der Waals surface area contributed by atoms with E-state index >= 15 is 0 Å². The fourth-order valence-electron chi connectivity index (χ4n) is 4.99. The highest BCUT2D eigenvalue weighted by molar-refractivity contribution is 5.77. The second-order valence-corrected chi connectivity index (χ2v) is 8.57. The molecule has 0 aliphatic carbocycles. The molecule has 0 saturated carbocycles. The van der Waals surface area contributed by atoms with Crippen molar-refractivity contribution in [1.82, 2.24) is 14.7 Å². The van der Waals surface area contributed by atoms with Crippen LogP contribution in [0.1, 0.15) is 31.2 Å². The van der Waals surface area contributed by atoms with Crippen molar-refractivity contribution in [1.29, 1.82) is 0 Å². The highest BCUT2D eigenvalue weighted by Gasteiger charge is 2.41. The van der Waals surface area contributed by atoms with Gasteiger partial charge in [-0.25, -0.2) is 0 Å². The summed E-state index contributed by atoms with van der Waals surface area (Å²) in [5.41, 5.74) is 1.54. The molecule has 148 valence electrons. The highest BCUT2D eigenvalue weighted by atomic mass is 16.5. The second-order valence-electron chi connectivity index (χ2n) is 8.57. The molecule has 1 aromatic rings. The van der Waals surface area contributed by atoms with Crippen LogP contribution in [0.3, 0.4) is 0 Å². The summed E-state index contributed by atoms with van der Waals surface area (Å²) in [4.78, 5) is 19.8. The lowest BCUT2D eigenvalue weighted by Gasteiger charge is -2.48. The number of rotatable bonds is 5. The van der Waals surface area contributed by atoms with Gasteiger partial charge in [-0.2, -0.15) is 0 Å². The molecule has 3 saturated heterocycles. The van der Waals surface area contributed by atoms with E-state index in [1.807, 2.05) is 6.07 Å². The van der Waals surface area contributed by atoms with E-state index in [4.69, 9.17) is 4.74 Å². The largest absolute Gasteiger partial charge is 0.379 e. The van der Waals surface area contributed by atoms with Crippen LogP contribution in [0.15, 0.2) is 30.3 Å². The Hall–Kier alpha value is -1.43. The van der Waals surface area contributed by atoms with Gasteiger partial charge in [-0.1, -0.05) is 30.3 Å². The molecule has 1 unspecified atom stereocenters. The van der Waals surface area contributed by atoms with Crippen LogP contribution < -0.4 is 0 Å². The number of likely N-dealkylation sites (tertiary alicyclic amines) is 2. The van der Waals surface area contributed by atoms with Crippen LogP contribution in [0, 0.1) is 5.41 Å². The molecule has 3 aliphatic heterocycles. The van der Waals surface area contributed by atoms with Crippen LogP contribution in [0.4, 0.5) is 0 Å². The molecule has 0 radical (unpaired) electrons. The topological polar surface area (TPSA) is 36.0 Å². The van der Waals surface area contributed by atoms with E-state index in [1.54, 1.807) is 0 Å². The molecule has 0 aromatic heterocycles. The molecule has 3 heterocycles. The summed E-state index contributed by atoms with van der Waals surface area (Å²) in [5, 5.41) is 0. The van der Waals surface area contributed by atoms with Gasteiger partial charge in [0.25, 0.3) is 0 Å². The zero-order chi connectivity index (χ0) is 18.5. The molecule has 0 N–H and O–H groups in total. The van der Waals surface area contributed by atoms with E-state index in [-0.39, 0.29) is 0 Å². The van der Waals surface area contributed by atoms with Crippen LogP contribution in [0.5, 0.6) is 0 Å². The first-order chi connectivity index (χ1) is 13.2. The maximum Gasteiger partial charge on any atom is 0.222 e. The fraction of sp³-hybridized carbons (Fsp3) is 0.682. The Morgan fingerprint density at radius 2 is 1.70 bits per heavy atom. The Morgan fingerprint density at radius 1 is 0.926 bits per heavy atom. The molecule has 0 bridgehead atoms. The number of ether oxygens (including phenoxy) is 1. The van der Waals surface area contributed by atoms with Crippen molar-refractivity contribution in [2.75, 3.05) is 59.0 Å². The van der Waals surface area contributed by atoms with Crippen molar-refractivity contribution in [2.45, 2.75) is 32.2 Å². The summed E-state index contributed by atoms with van der Waals surface area (Å²) >= 11 is 0. The Bertz CT molecular complexity index is 617. The summed E-state index contributed by atoms with van der Waals surface area (Å²) in [6.45, 7) is 10.2. The average Bonchev–Trinajstić information content (AvgIpc) is 2.71. The molecule has 3 fully saturated rings. The number of nitrogens with zero attached hydrogens (tertiary/aromatic N) is 3. The predicted molar refractivity (Wildman–Crippen MR) is 106 cm³/mol. The minimum absolute atomic E-state index is 0.298. The van der Waals surface area contributed by atoms with Crippen LogP contribution in [-0.2, 0) is 16.1 Å². The van der Waals surface area contributed by atoms with Crippen molar-refractivity contribution >= 4 is 5.91 Å². The van der Waals surface area contributed by atoms with Crippen LogP contribution in [0.25, 0.3) is 0 Å². The smallest absolute Gasteiger partial charge is 0.222 e. The number of hydrogen-bond acceptors (Lipinski definition) is 4. The lowest BCUT2D eigenvalue weighted by molar-refractivity contribution is -0.140. The molecular weight excluding hydrogens is 338 g/mol. The first-order valence-corrected chi connectivity index (χ1v) is 10.6. The van der Waals surface area contributed by atoms with Crippen LogP contribution >= 0.6 is 0 Å². The zero-order valence-electron chi connectivity index (χ0n) is 16.4. The van der Waals surface area contributed by atoms with Gasteiger partial charge in [-0.05, 0) is 31.4 Å². The molecule has 1 atom stereocenters. The van der Waals surface area contributed by atoms with E-state index in [1.165, 1.54) is 24.9 Å². The molecule has 5 heteroatoms. The van der Waals surface area contributed by atoms with Gasteiger partial charge in [0, 0.05) is 57.6 Å². The highest BCUT2D eigenvalue weighted by Crippen LogP contribution is 2.39. The number of amides is 1. The van der Waals surface area contributed by atoms with Crippen molar-refractivity contribution in [3.63, 3.8) is 0 Å². The van der Waals surface area contributed by atoms with Gasteiger partial charge in [0.2, 0.25) is 5.91 Å². The SMILES string of the molecule is O=C1CCC2(CCCN(CCN3CCOCC3)C2)CN1Cc1ccccc1. The molecule has 1 aromatic carbocycles. The second kappa shape index (κ2) is 8.72. The number of carbonyl (C=O) groups excluding carboxylic acids is 1. The Labute approximate surface area is 163 Å². The normalized spacial score (nSPS) is 28.0. The van der Waals surface area contributed by atoms with E-state index in [2.05, 4.69) is 39.0 Å². The standard InChI is InChI=1S/C22H33N3O2/c26-21-7-9-22(19-25(21)17-20-5-2-1-3-6-20)8-4-10-24(18-22)12-11-23-13-15-27-16-14-23/h1-3,5-6H,4,7-19H2. The van der Waals surface area contributed by atoms with Crippen molar-refractivity contribution in [3.05, 3.63) is 35.9 Å². The predicted octanol–water partition coefficient (Wildman–Crippen LogP) is 2.22. The minimum atomic E-state index is 0.298. The summed E-state index contributed by atoms with van der Waals surface area (Å²) in [6.07, 6.45) is 4.30. The van der Waals surface area contributed by atoms with Gasteiger partial charge < -0.3 is 14.5 Å². The number of morpholine rings is 1. The van der Waals surface area contributed by atoms with E-state index in [0.29, 0.717) is 17.7 Å². The van der Waals surface area contributed by atoms with Crippen molar-refractivity contribution in [3.8, 4) is 0 Å². The van der Waals surface area contributed by atoms with Gasteiger partial charge in [0.15, 0.2) is 0 Å². The molecule has 1 amide bonds. The van der Waals surface area contributed by atoms with Gasteiger partial charge in [0.05, 0.1) is 13.2 Å². The fourth-order valence-corrected chi connectivity index (χ4v) is 4.99. The molecule has 5 nitrogen and oxygen atoms in total. The summed E-state index contributed by atoms with van der Waals surface area (Å²) in [5.74, 6) is 0.329. The Kier molecular flexibility index (Phi) is 6.11. The number of piperidine rings is 2. The number of hydrogen-bond donors (Lipinski definition) is 0. The lowest BCUT2D eigenvalue weighted by atomic mass is 9.73. The molecule has 27 heavy (non-hydrogen) atoms. The lowest BCUT2D eigenvalue weighted by Crippen LogP contribution is -2.54. The maximum absolute atomic E-state index is 12.5. The molecule has 4 rings (SSSR count). The summed E-state index contributed by atoms with van der Waals surface area (Å²) in [7, 11) is 0. The first kappa shape index (κ1) is 18.9. The summed E-state index contributed by atoms with van der Waals surface area (Å²) < 4.78 is 5.46. The Balaban J connectivity index is 1.34. The first-order valence-electron chi connectivity index (χ1n) is 10.6. The third-order valence-electron chi connectivity index (χ3n) is 6.54. The van der Waals surface area contributed by atoms with Crippen LogP contribution in [0.2, 0.25) is 0 Å². The Morgan fingerprint density at radius 3 is 2.52 bits per heavy atom. The molecular formula is C22H33N3O2. The monoisotopic (exact) mass is 371 g/mol. The van der Waals surface area contributed by atoms with E-state index < -0.39 is 0 Å². The van der Waals surface area contributed by atoms with Crippen LogP contribution in [-0.4, -0.2) is 79.6 Å². The minimum Gasteiger partial charge on any atom is -0.379 e. The third-order valence-corrected chi connectivity index (χ3v) is 6.54. The summed E-state index contributed by atoms with van der Waals surface area (Å²) in [6, 6.07) is 10.4. The zero-order valence-corrected chi connectivity index (χ0v) is 16.4. The average molecular weight is 372 g/mol. The van der Waals surface area contributed by atoms with Crippen molar-refractivity contribution in [2.24, 2.45) is 5.41 Å². The van der Waals surface area contributed by atoms with E-state index in [0.717, 1.165) is 65.4 Å². The van der Waals surface area contributed by atoms with Gasteiger partial charge in [0.1, 0.15) is 0 Å². The van der Waals surface area contributed by atoms with Crippen molar-refractivity contribution < 1.29 is 9.53 Å². The van der Waals surface area contributed by atoms with Gasteiger partial charge >= 0.3 is 0 Å². The third kappa shape index (κ3) is 4.89. The number of carbonyl (C=O) groups is 1. The van der Waals surface area contributed by atoms with Gasteiger partial charge in [-0.15, -0.1) is 0 Å². The maximum atomic E-state index is 12.5. The quantitative estimate of drug-likeness (QED) is 0.795. The van der Waals surface area contributed by atoms with Gasteiger partial charge in [-0.3, -0.25) is 9.69 Å². The molecule has 1 spiro atoms. The molecule has 3 aliphatic rings. The number of benzene rings is 1. The van der Waals surface area contributed by atoms with E-state index in [9.17, 15) is 4.79 Å².